The minimum atomic E-state index is -6.00. The second kappa shape index (κ2) is 13.5. The summed E-state index contributed by atoms with van der Waals surface area (Å²) in [5.74, 6) is -2.50. The lowest BCUT2D eigenvalue weighted by atomic mass is 10.3. The number of esters is 4. The number of ether oxygens (including phenoxy) is 4. The van der Waals surface area contributed by atoms with Crippen molar-refractivity contribution >= 4 is 83.4 Å². The standard InChI is InChI=1S/C17H15O8S4.BF4/c1-22-14(18)10-11(15(19)23-2)27-8(26-10)6-5-7-9-28-12(16(20)24-3)13(29-9)17(21)25-4;2-1(3,4)5/h5-7H,1-4H3;/q+1;-1. The molecule has 2 rings (SSSR count). The van der Waals surface area contributed by atoms with Gasteiger partial charge in [0.1, 0.15) is 32.5 Å². The third-order valence-electron chi connectivity index (χ3n) is 3.17. The van der Waals surface area contributed by atoms with Crippen LogP contribution in [0.25, 0.3) is 6.08 Å². The highest BCUT2D eigenvalue weighted by Gasteiger charge is 2.34. The zero-order valence-electron chi connectivity index (χ0n) is 17.7. The average Bonchev–Trinajstić information content (AvgIpc) is 3.40. The first-order valence-electron chi connectivity index (χ1n) is 8.52. The van der Waals surface area contributed by atoms with Gasteiger partial charge in [-0.05, 0) is 6.08 Å². The van der Waals surface area contributed by atoms with E-state index in [0.717, 1.165) is 46.2 Å². The van der Waals surface area contributed by atoms with Gasteiger partial charge in [0.25, 0.3) is 13.9 Å². The Morgan fingerprint density at radius 3 is 1.65 bits per heavy atom. The molecule has 0 aliphatic carbocycles. The number of rotatable bonds is 6. The molecule has 0 N–H and O–H groups in total. The first-order valence-corrected chi connectivity index (χ1v) is 11.8. The largest absolute Gasteiger partial charge is 0.673 e. The number of halogens is 4. The molecule has 0 aromatic carbocycles. The van der Waals surface area contributed by atoms with Crippen molar-refractivity contribution in [2.45, 2.75) is 0 Å². The van der Waals surface area contributed by atoms with Crippen molar-refractivity contribution in [2.75, 3.05) is 28.4 Å². The summed E-state index contributed by atoms with van der Waals surface area (Å²) in [6.07, 6.45) is 5.06. The summed E-state index contributed by atoms with van der Waals surface area (Å²) >= 11 is 4.37. The average molecular weight is 562 g/mol. The van der Waals surface area contributed by atoms with Gasteiger partial charge in [0.05, 0.1) is 32.7 Å². The van der Waals surface area contributed by atoms with Gasteiger partial charge in [-0.15, -0.1) is 0 Å². The SMILES string of the molecule is COC(=O)C1=C(C(=O)OC)SC(=C/C=C/c2sc(C(=O)OC)c(C(=O)OC)[s+]2)S1.F[B-](F)(F)F. The van der Waals surface area contributed by atoms with Crippen molar-refractivity contribution in [3.8, 4) is 0 Å². The highest BCUT2D eigenvalue weighted by molar-refractivity contribution is 8.29. The fourth-order valence-corrected chi connectivity index (χ4v) is 6.47. The van der Waals surface area contributed by atoms with Gasteiger partial charge in [0, 0.05) is 6.08 Å². The number of hydrogen-bond donors (Lipinski definition) is 0. The monoisotopic (exact) mass is 562 g/mol. The van der Waals surface area contributed by atoms with E-state index >= 15 is 0 Å². The lowest BCUT2D eigenvalue weighted by molar-refractivity contribution is -0.138. The fourth-order valence-electron chi connectivity index (χ4n) is 1.88. The van der Waals surface area contributed by atoms with Crippen LogP contribution < -0.4 is 0 Å². The molecule has 186 valence electrons. The van der Waals surface area contributed by atoms with Gasteiger partial charge in [-0.1, -0.05) is 29.6 Å². The van der Waals surface area contributed by atoms with Gasteiger partial charge < -0.3 is 36.2 Å². The van der Waals surface area contributed by atoms with Crippen LogP contribution in [0.3, 0.4) is 0 Å². The Labute approximate surface area is 207 Å². The van der Waals surface area contributed by atoms with E-state index in [4.69, 9.17) is 18.9 Å². The molecule has 0 saturated heterocycles. The van der Waals surface area contributed by atoms with Crippen molar-refractivity contribution in [3.63, 3.8) is 0 Å². The molecule has 1 aliphatic rings. The molecule has 0 unspecified atom stereocenters. The first kappa shape index (κ1) is 29.7. The molecule has 2 heterocycles. The van der Waals surface area contributed by atoms with Gasteiger partial charge in [0.2, 0.25) is 0 Å². The van der Waals surface area contributed by atoms with E-state index in [1.807, 2.05) is 0 Å². The van der Waals surface area contributed by atoms with E-state index < -0.39 is 31.1 Å². The summed E-state index contributed by atoms with van der Waals surface area (Å²) < 4.78 is 59.1. The van der Waals surface area contributed by atoms with Gasteiger partial charge in [-0.2, -0.15) is 0 Å². The summed E-state index contributed by atoms with van der Waals surface area (Å²) in [4.78, 5) is 48.1. The molecule has 0 radical (unpaired) electrons. The fraction of sp³-hybridized carbons (Fsp3) is 0.235. The molecule has 0 atom stereocenters. The minimum Gasteiger partial charge on any atom is -0.465 e. The molecule has 1 aromatic rings. The Hall–Kier alpha value is -2.37. The molecule has 0 bridgehead atoms. The van der Waals surface area contributed by atoms with E-state index in [1.165, 1.54) is 28.4 Å². The Bertz CT molecular complexity index is 979. The highest BCUT2D eigenvalue weighted by atomic mass is 32.2. The van der Waals surface area contributed by atoms with Gasteiger partial charge in [-0.25, -0.2) is 19.2 Å². The summed E-state index contributed by atoms with van der Waals surface area (Å²) in [7, 11) is -1.08. The summed E-state index contributed by atoms with van der Waals surface area (Å²) in [6.45, 7) is 0. The number of thioether (sulfide) groups is 2. The number of allylic oxidation sites excluding steroid dienone is 2. The van der Waals surface area contributed by atoms with Crippen molar-refractivity contribution in [1.82, 2.24) is 0 Å². The normalized spacial score (nSPS) is 13.2. The molecule has 0 saturated carbocycles. The predicted octanol–water partition coefficient (Wildman–Crippen LogP) is 4.86. The van der Waals surface area contributed by atoms with Gasteiger partial charge in [0.15, 0.2) is 0 Å². The molecule has 17 heteroatoms. The molecule has 1 aromatic heterocycles. The van der Waals surface area contributed by atoms with E-state index in [1.54, 1.807) is 18.2 Å². The van der Waals surface area contributed by atoms with Crippen molar-refractivity contribution in [3.05, 3.63) is 40.1 Å². The maximum Gasteiger partial charge on any atom is 0.673 e. The molecule has 1 aliphatic heterocycles. The second-order valence-electron chi connectivity index (χ2n) is 5.35. The second-order valence-corrected chi connectivity index (χ2v) is 10.1. The minimum absolute atomic E-state index is 0.156. The van der Waals surface area contributed by atoms with Crippen LogP contribution >= 0.6 is 46.2 Å². The van der Waals surface area contributed by atoms with E-state index in [-0.39, 0.29) is 19.6 Å². The maximum absolute atomic E-state index is 11.9. The van der Waals surface area contributed by atoms with Crippen LogP contribution in [0, 0.1) is 0 Å². The predicted molar refractivity (Wildman–Crippen MR) is 123 cm³/mol. The van der Waals surface area contributed by atoms with Crippen LogP contribution in [0.2, 0.25) is 0 Å². The smallest absolute Gasteiger partial charge is 0.465 e. The third kappa shape index (κ3) is 9.11. The van der Waals surface area contributed by atoms with Crippen molar-refractivity contribution < 1.29 is 55.4 Å². The summed E-state index contributed by atoms with van der Waals surface area (Å²) in [5.41, 5.74) is 0. The zero-order valence-corrected chi connectivity index (χ0v) is 21.0. The Balaban J connectivity index is 0.00000104. The molecule has 0 spiro atoms. The quantitative estimate of drug-likeness (QED) is 0.157. The first-order chi connectivity index (χ1) is 15.9. The third-order valence-corrected chi connectivity index (χ3v) is 8.08. The Morgan fingerprint density at radius 1 is 0.794 bits per heavy atom. The van der Waals surface area contributed by atoms with Crippen LogP contribution in [0.4, 0.5) is 17.3 Å². The Kier molecular flexibility index (Phi) is 11.8. The number of hydrogen-bond acceptors (Lipinski definition) is 11. The molecule has 34 heavy (non-hydrogen) atoms. The lowest BCUT2D eigenvalue weighted by Crippen LogP contribution is -2.08. The topological polar surface area (TPSA) is 105 Å². The van der Waals surface area contributed by atoms with Gasteiger partial charge in [-0.3, -0.25) is 0 Å². The molecule has 8 nitrogen and oxygen atoms in total. The van der Waals surface area contributed by atoms with Crippen molar-refractivity contribution in [1.29, 1.82) is 0 Å². The molecule has 0 fully saturated rings. The Morgan fingerprint density at radius 2 is 1.24 bits per heavy atom. The highest BCUT2D eigenvalue weighted by Crippen LogP contribution is 2.49. The van der Waals surface area contributed by atoms with Gasteiger partial charge >= 0.3 is 31.1 Å². The summed E-state index contributed by atoms with van der Waals surface area (Å²) in [5, 5.41) is 0. The van der Waals surface area contributed by atoms with E-state index in [9.17, 15) is 36.4 Å². The number of methoxy groups -OCH3 is 4. The number of carbonyl (C=O) groups is 4. The van der Waals surface area contributed by atoms with Crippen LogP contribution in [-0.2, 0) is 28.5 Å². The lowest BCUT2D eigenvalue weighted by Gasteiger charge is -2.00. The van der Waals surface area contributed by atoms with Crippen LogP contribution in [0.1, 0.15) is 23.5 Å². The van der Waals surface area contributed by atoms with Crippen molar-refractivity contribution in [2.24, 2.45) is 0 Å². The zero-order chi connectivity index (χ0) is 26.1. The van der Waals surface area contributed by atoms with E-state index in [2.05, 4.69) is 0 Å². The maximum atomic E-state index is 11.9. The molecular weight excluding hydrogens is 547 g/mol. The van der Waals surface area contributed by atoms with E-state index in [0.29, 0.717) is 8.43 Å². The van der Waals surface area contributed by atoms with Crippen LogP contribution in [0.5, 0.6) is 0 Å². The molecular formula is C17H15BF4O8S4. The summed E-state index contributed by atoms with van der Waals surface area (Å²) in [6, 6.07) is 0. The van der Waals surface area contributed by atoms with Crippen LogP contribution in [0.15, 0.2) is 26.2 Å². The number of carbonyl (C=O) groups excluding carboxylic acids is 4. The van der Waals surface area contributed by atoms with Crippen LogP contribution in [-0.4, -0.2) is 59.6 Å². The molecule has 0 amide bonds.